The first-order valence-corrected chi connectivity index (χ1v) is 13.1. The van der Waals surface area contributed by atoms with Crippen molar-refractivity contribution in [2.75, 3.05) is 58.5 Å². The maximum absolute atomic E-state index is 13.1. The summed E-state index contributed by atoms with van der Waals surface area (Å²) in [5, 5.41) is 0.831. The molecule has 2 aromatic rings. The highest BCUT2D eigenvalue weighted by Gasteiger charge is 2.27. The van der Waals surface area contributed by atoms with E-state index in [1.165, 1.54) is 0 Å². The number of amides is 1. The molecule has 182 valence electrons. The van der Waals surface area contributed by atoms with Crippen LogP contribution in [0.25, 0.3) is 0 Å². The Balaban J connectivity index is 1.18. The zero-order valence-electron chi connectivity index (χ0n) is 19.7. The van der Waals surface area contributed by atoms with Crippen LogP contribution in [0.5, 0.6) is 11.5 Å². The van der Waals surface area contributed by atoms with Crippen LogP contribution in [-0.2, 0) is 16.0 Å². The van der Waals surface area contributed by atoms with Crippen molar-refractivity contribution in [3.63, 3.8) is 0 Å². The van der Waals surface area contributed by atoms with Gasteiger partial charge in [0.15, 0.2) is 16.7 Å². The molecular weight excluding hydrogens is 452 g/mol. The molecule has 3 aliphatic rings. The summed E-state index contributed by atoms with van der Waals surface area (Å²) in [6, 6.07) is 5.74. The molecule has 8 nitrogen and oxygen atoms in total. The summed E-state index contributed by atoms with van der Waals surface area (Å²) >= 11 is 1.71. The van der Waals surface area contributed by atoms with Gasteiger partial charge >= 0.3 is 0 Å². The van der Waals surface area contributed by atoms with E-state index in [0.717, 1.165) is 91.5 Å². The number of nitrogens with zero attached hydrogens (tertiary/aromatic N) is 4. The molecule has 5 rings (SSSR count). The summed E-state index contributed by atoms with van der Waals surface area (Å²) in [5.41, 5.74) is 3.14. The Morgan fingerprint density at radius 2 is 2.03 bits per heavy atom. The SMILES string of the molecule is Cc1cnc(SCCN2CCOCC2)nc1C1CCCN(C(=O)Cc2ccc3c(c2)OCO3)C1. The monoisotopic (exact) mass is 484 g/mol. The fourth-order valence-corrected chi connectivity index (χ4v) is 5.60. The van der Waals surface area contributed by atoms with E-state index >= 15 is 0 Å². The molecule has 1 aromatic carbocycles. The highest BCUT2D eigenvalue weighted by Crippen LogP contribution is 2.33. The number of hydrogen-bond donors (Lipinski definition) is 0. The number of morpholine rings is 1. The number of likely N-dealkylation sites (tertiary alicyclic amines) is 1. The number of thioether (sulfide) groups is 1. The summed E-state index contributed by atoms with van der Waals surface area (Å²) in [5.74, 6) is 2.82. The zero-order valence-corrected chi connectivity index (χ0v) is 20.5. The van der Waals surface area contributed by atoms with Crippen LogP contribution in [0.1, 0.15) is 35.6 Å². The largest absolute Gasteiger partial charge is 0.454 e. The van der Waals surface area contributed by atoms with Crippen LogP contribution in [0.4, 0.5) is 0 Å². The van der Waals surface area contributed by atoms with Gasteiger partial charge in [-0.3, -0.25) is 9.69 Å². The predicted molar refractivity (Wildman–Crippen MR) is 130 cm³/mol. The van der Waals surface area contributed by atoms with Gasteiger partial charge in [0.2, 0.25) is 12.7 Å². The Morgan fingerprint density at radius 1 is 1.18 bits per heavy atom. The molecule has 1 atom stereocenters. The van der Waals surface area contributed by atoms with Crippen molar-refractivity contribution < 1.29 is 19.0 Å². The van der Waals surface area contributed by atoms with Gasteiger partial charge in [-0.25, -0.2) is 9.97 Å². The van der Waals surface area contributed by atoms with Crippen LogP contribution in [0, 0.1) is 6.92 Å². The molecular formula is C25H32N4O4S. The van der Waals surface area contributed by atoms with Gasteiger partial charge in [0, 0.05) is 50.6 Å². The molecule has 2 fully saturated rings. The first-order chi connectivity index (χ1) is 16.7. The molecule has 0 bridgehead atoms. The number of fused-ring (bicyclic) bond motifs is 1. The lowest BCUT2D eigenvalue weighted by Gasteiger charge is -2.33. The Bertz CT molecular complexity index is 1010. The van der Waals surface area contributed by atoms with Crippen LogP contribution >= 0.6 is 11.8 Å². The minimum atomic E-state index is 0.149. The van der Waals surface area contributed by atoms with Crippen molar-refractivity contribution >= 4 is 17.7 Å². The minimum Gasteiger partial charge on any atom is -0.454 e. The number of hydrogen-bond acceptors (Lipinski definition) is 8. The number of rotatable bonds is 7. The smallest absolute Gasteiger partial charge is 0.231 e. The summed E-state index contributed by atoms with van der Waals surface area (Å²) in [4.78, 5) is 27.0. The number of carbonyl (C=O) groups excluding carboxylic acids is 1. The number of benzene rings is 1. The maximum Gasteiger partial charge on any atom is 0.231 e. The molecule has 1 amide bonds. The van der Waals surface area contributed by atoms with E-state index in [1.54, 1.807) is 11.8 Å². The lowest BCUT2D eigenvalue weighted by molar-refractivity contribution is -0.131. The molecule has 1 aromatic heterocycles. The molecule has 3 aliphatic heterocycles. The average molecular weight is 485 g/mol. The van der Waals surface area contributed by atoms with Gasteiger partial charge in [-0.05, 0) is 43.0 Å². The Kier molecular flexibility index (Phi) is 7.51. The summed E-state index contributed by atoms with van der Waals surface area (Å²) in [6.45, 7) is 8.48. The van der Waals surface area contributed by atoms with E-state index < -0.39 is 0 Å². The molecule has 0 spiro atoms. The maximum atomic E-state index is 13.1. The fourth-order valence-electron chi connectivity index (χ4n) is 4.78. The highest BCUT2D eigenvalue weighted by molar-refractivity contribution is 7.99. The lowest BCUT2D eigenvalue weighted by Crippen LogP contribution is -2.40. The van der Waals surface area contributed by atoms with Gasteiger partial charge in [0.05, 0.1) is 25.3 Å². The van der Waals surface area contributed by atoms with Crippen LogP contribution in [-0.4, -0.2) is 84.2 Å². The fraction of sp³-hybridized carbons (Fsp3) is 0.560. The molecule has 34 heavy (non-hydrogen) atoms. The summed E-state index contributed by atoms with van der Waals surface area (Å²) in [6.07, 6.45) is 4.34. The second-order valence-electron chi connectivity index (χ2n) is 9.07. The van der Waals surface area contributed by atoms with Gasteiger partial charge in [-0.15, -0.1) is 0 Å². The number of carbonyl (C=O) groups is 1. The van der Waals surface area contributed by atoms with Crippen LogP contribution in [0.2, 0.25) is 0 Å². The van der Waals surface area contributed by atoms with Crippen molar-refractivity contribution in [2.24, 2.45) is 0 Å². The van der Waals surface area contributed by atoms with Crippen molar-refractivity contribution in [3.05, 3.63) is 41.2 Å². The number of aryl methyl sites for hydroxylation is 1. The average Bonchev–Trinajstić information content (AvgIpc) is 3.34. The summed E-state index contributed by atoms with van der Waals surface area (Å²) < 4.78 is 16.3. The van der Waals surface area contributed by atoms with Crippen molar-refractivity contribution in [3.8, 4) is 11.5 Å². The van der Waals surface area contributed by atoms with Crippen molar-refractivity contribution in [2.45, 2.75) is 37.3 Å². The topological polar surface area (TPSA) is 77.0 Å². The van der Waals surface area contributed by atoms with E-state index in [0.29, 0.717) is 13.0 Å². The number of ether oxygens (including phenoxy) is 3. The number of piperidine rings is 1. The van der Waals surface area contributed by atoms with Crippen LogP contribution in [0.3, 0.4) is 0 Å². The molecule has 1 unspecified atom stereocenters. The van der Waals surface area contributed by atoms with Crippen LogP contribution < -0.4 is 9.47 Å². The van der Waals surface area contributed by atoms with Crippen molar-refractivity contribution in [1.29, 1.82) is 0 Å². The third kappa shape index (κ3) is 5.64. The predicted octanol–water partition coefficient (Wildman–Crippen LogP) is 2.89. The Morgan fingerprint density at radius 3 is 2.91 bits per heavy atom. The van der Waals surface area contributed by atoms with Crippen molar-refractivity contribution in [1.82, 2.24) is 19.8 Å². The molecule has 0 saturated carbocycles. The van der Waals surface area contributed by atoms with Gasteiger partial charge < -0.3 is 19.1 Å². The second-order valence-corrected chi connectivity index (χ2v) is 10.1. The molecule has 0 radical (unpaired) electrons. The normalized spacial score (nSPS) is 20.5. The quantitative estimate of drug-likeness (QED) is 0.439. The van der Waals surface area contributed by atoms with E-state index in [1.807, 2.05) is 29.3 Å². The molecule has 0 N–H and O–H groups in total. The van der Waals surface area contributed by atoms with E-state index in [9.17, 15) is 4.79 Å². The second kappa shape index (κ2) is 10.9. The van der Waals surface area contributed by atoms with Gasteiger partial charge in [-0.1, -0.05) is 17.8 Å². The summed E-state index contributed by atoms with van der Waals surface area (Å²) in [7, 11) is 0. The Labute approximate surface area is 205 Å². The first kappa shape index (κ1) is 23.4. The number of aromatic nitrogens is 2. The third-order valence-corrected chi connectivity index (χ3v) is 7.53. The third-order valence-electron chi connectivity index (χ3n) is 6.68. The van der Waals surface area contributed by atoms with E-state index in [2.05, 4.69) is 16.8 Å². The molecule has 2 saturated heterocycles. The Hall–Kier alpha value is -2.36. The van der Waals surface area contributed by atoms with Gasteiger partial charge in [0.1, 0.15) is 0 Å². The van der Waals surface area contributed by atoms with E-state index in [4.69, 9.17) is 19.2 Å². The molecule has 4 heterocycles. The van der Waals surface area contributed by atoms with Gasteiger partial charge in [-0.2, -0.15) is 0 Å². The van der Waals surface area contributed by atoms with E-state index in [-0.39, 0.29) is 18.6 Å². The molecule has 0 aliphatic carbocycles. The van der Waals surface area contributed by atoms with Gasteiger partial charge in [0.25, 0.3) is 0 Å². The first-order valence-electron chi connectivity index (χ1n) is 12.1. The molecule has 9 heteroatoms. The lowest BCUT2D eigenvalue weighted by atomic mass is 9.92. The van der Waals surface area contributed by atoms with Crippen LogP contribution in [0.15, 0.2) is 29.6 Å². The standard InChI is InChI=1S/C25H32N4O4S/c1-18-15-26-25(34-12-9-28-7-10-31-11-8-28)27-24(18)20-3-2-6-29(16-20)23(30)14-19-4-5-21-22(13-19)33-17-32-21/h4-5,13,15,20H,2-3,6-12,14,16-17H2,1H3. The minimum absolute atomic E-state index is 0.149. The zero-order chi connectivity index (χ0) is 23.3. The highest BCUT2D eigenvalue weighted by atomic mass is 32.2.